The minimum absolute atomic E-state index is 0.00974. The molecule has 0 unspecified atom stereocenters. The van der Waals surface area contributed by atoms with Gasteiger partial charge in [-0.2, -0.15) is 13.2 Å². The molecule has 0 saturated carbocycles. The van der Waals surface area contributed by atoms with Gasteiger partial charge in [0.15, 0.2) is 0 Å². The predicted octanol–water partition coefficient (Wildman–Crippen LogP) is 2.31. The molecule has 112 valence electrons. The van der Waals surface area contributed by atoms with Crippen LogP contribution in [0.3, 0.4) is 0 Å². The van der Waals surface area contributed by atoms with Crippen molar-refractivity contribution in [3.63, 3.8) is 0 Å². The first kappa shape index (κ1) is 16.2. The molecule has 1 aromatic rings. The van der Waals surface area contributed by atoms with Crippen LogP contribution in [0, 0.1) is 6.92 Å². The van der Waals surface area contributed by atoms with Gasteiger partial charge in [-0.15, -0.1) is 0 Å². The van der Waals surface area contributed by atoms with Crippen LogP contribution in [0.1, 0.15) is 12.6 Å². The largest absolute Gasteiger partial charge is 0.475 e. The molecule has 5 nitrogen and oxygen atoms in total. The van der Waals surface area contributed by atoms with Gasteiger partial charge in [-0.1, -0.05) is 0 Å². The lowest BCUT2D eigenvalue weighted by molar-refractivity contribution is -0.167. The first-order chi connectivity index (χ1) is 9.34. The topological polar surface area (TPSA) is 60.5 Å². The van der Waals surface area contributed by atoms with E-state index in [0.29, 0.717) is 13.2 Å². The van der Waals surface area contributed by atoms with Gasteiger partial charge in [0.1, 0.15) is 6.61 Å². The summed E-state index contributed by atoms with van der Waals surface area (Å²) in [5, 5.41) is 1.75. The van der Waals surface area contributed by atoms with Crippen molar-refractivity contribution in [1.82, 2.24) is 4.98 Å². The number of alkyl halides is 3. The summed E-state index contributed by atoms with van der Waals surface area (Å²) in [5.74, 6) is -1.78. The number of carbonyl (C=O) groups excluding carboxylic acids is 1. The van der Waals surface area contributed by atoms with Gasteiger partial charge in [0.25, 0.3) is 0 Å². The molecule has 0 atom stereocenters. The number of amides is 1. The SMILES string of the molecule is CCOCCOc1ccc(NC(=O)C(F)(F)F)c(C)n1. The Balaban J connectivity index is 2.62. The fraction of sp³-hybridized carbons (Fsp3) is 0.500. The van der Waals surface area contributed by atoms with E-state index in [2.05, 4.69) is 4.98 Å². The van der Waals surface area contributed by atoms with E-state index in [4.69, 9.17) is 9.47 Å². The smallest absolute Gasteiger partial charge is 0.471 e. The summed E-state index contributed by atoms with van der Waals surface area (Å²) < 4.78 is 46.7. The zero-order valence-electron chi connectivity index (χ0n) is 11.1. The third-order valence-corrected chi connectivity index (χ3v) is 2.25. The lowest BCUT2D eigenvalue weighted by atomic mass is 10.3. The molecule has 20 heavy (non-hydrogen) atoms. The second kappa shape index (κ2) is 7.09. The van der Waals surface area contributed by atoms with Crippen molar-refractivity contribution in [3.05, 3.63) is 17.8 Å². The molecule has 0 aliphatic rings. The van der Waals surface area contributed by atoms with E-state index in [-0.39, 0.29) is 23.9 Å². The van der Waals surface area contributed by atoms with Gasteiger partial charge in [0.05, 0.1) is 18.0 Å². The lowest BCUT2D eigenvalue weighted by Crippen LogP contribution is -2.30. The summed E-state index contributed by atoms with van der Waals surface area (Å²) >= 11 is 0. The number of nitrogens with one attached hydrogen (secondary N) is 1. The molecule has 0 aliphatic carbocycles. The van der Waals surface area contributed by atoms with Gasteiger partial charge in [-0.3, -0.25) is 4.79 Å². The Morgan fingerprint density at radius 2 is 2.05 bits per heavy atom. The van der Waals surface area contributed by atoms with Crippen LogP contribution < -0.4 is 10.1 Å². The number of rotatable bonds is 6. The van der Waals surface area contributed by atoms with Crippen LogP contribution in [0.4, 0.5) is 18.9 Å². The maximum Gasteiger partial charge on any atom is 0.471 e. The molecular formula is C12H15F3N2O3. The normalized spacial score (nSPS) is 11.2. The number of hydrogen-bond donors (Lipinski definition) is 1. The van der Waals surface area contributed by atoms with Gasteiger partial charge in [-0.05, 0) is 19.9 Å². The molecule has 1 rings (SSSR count). The van der Waals surface area contributed by atoms with Crippen molar-refractivity contribution >= 4 is 11.6 Å². The minimum Gasteiger partial charge on any atom is -0.475 e. The lowest BCUT2D eigenvalue weighted by Gasteiger charge is -2.11. The van der Waals surface area contributed by atoms with Crippen LogP contribution >= 0.6 is 0 Å². The van der Waals surface area contributed by atoms with E-state index < -0.39 is 12.1 Å². The number of halogens is 3. The second-order valence-corrected chi connectivity index (χ2v) is 3.78. The van der Waals surface area contributed by atoms with E-state index in [0.717, 1.165) is 0 Å². The summed E-state index contributed by atoms with van der Waals surface area (Å²) in [6, 6.07) is 2.69. The van der Waals surface area contributed by atoms with Crippen LogP contribution in [0.15, 0.2) is 12.1 Å². The van der Waals surface area contributed by atoms with Crippen molar-refractivity contribution in [3.8, 4) is 5.88 Å². The molecule has 0 aliphatic heterocycles. The standard InChI is InChI=1S/C12H15F3N2O3/c1-3-19-6-7-20-10-5-4-9(8(2)16-10)17-11(18)12(13,14)15/h4-5H,3,6-7H2,1-2H3,(H,17,18). The highest BCUT2D eigenvalue weighted by molar-refractivity contribution is 5.95. The highest BCUT2D eigenvalue weighted by Gasteiger charge is 2.38. The number of anilines is 1. The zero-order valence-corrected chi connectivity index (χ0v) is 11.1. The summed E-state index contributed by atoms with van der Waals surface area (Å²) in [6.45, 7) is 4.57. The highest BCUT2D eigenvalue weighted by atomic mass is 19.4. The fourth-order valence-corrected chi connectivity index (χ4v) is 1.29. The first-order valence-electron chi connectivity index (χ1n) is 5.91. The average Bonchev–Trinajstić information content (AvgIpc) is 2.36. The third kappa shape index (κ3) is 5.04. The Labute approximate surface area is 114 Å². The molecule has 0 fully saturated rings. The highest BCUT2D eigenvalue weighted by Crippen LogP contribution is 2.21. The molecule has 1 aromatic heterocycles. The molecule has 0 aromatic carbocycles. The first-order valence-corrected chi connectivity index (χ1v) is 5.91. The van der Waals surface area contributed by atoms with Crippen LogP contribution in [0.5, 0.6) is 5.88 Å². The Morgan fingerprint density at radius 1 is 1.35 bits per heavy atom. The molecule has 8 heteroatoms. The summed E-state index contributed by atoms with van der Waals surface area (Å²) in [5.41, 5.74) is 0.223. The van der Waals surface area contributed by atoms with Crippen LogP contribution in [0.25, 0.3) is 0 Å². The number of pyridine rings is 1. The Morgan fingerprint density at radius 3 is 2.60 bits per heavy atom. The van der Waals surface area contributed by atoms with Gasteiger partial charge >= 0.3 is 12.1 Å². The van der Waals surface area contributed by atoms with Gasteiger partial charge in [-0.25, -0.2) is 4.98 Å². The van der Waals surface area contributed by atoms with Crippen LogP contribution in [-0.2, 0) is 9.53 Å². The van der Waals surface area contributed by atoms with Crippen molar-refractivity contribution < 1.29 is 27.4 Å². The van der Waals surface area contributed by atoms with E-state index >= 15 is 0 Å². The molecule has 1 heterocycles. The zero-order chi connectivity index (χ0) is 15.2. The minimum atomic E-state index is -4.93. The molecule has 0 spiro atoms. The van der Waals surface area contributed by atoms with E-state index in [1.165, 1.54) is 19.1 Å². The molecule has 0 radical (unpaired) electrons. The molecule has 1 amide bonds. The van der Waals surface area contributed by atoms with Crippen LogP contribution in [0.2, 0.25) is 0 Å². The van der Waals surface area contributed by atoms with Gasteiger partial charge in [0.2, 0.25) is 5.88 Å². The van der Waals surface area contributed by atoms with Crippen molar-refractivity contribution in [2.24, 2.45) is 0 Å². The van der Waals surface area contributed by atoms with Crippen molar-refractivity contribution in [2.45, 2.75) is 20.0 Å². The number of nitrogens with zero attached hydrogens (tertiary/aromatic N) is 1. The summed E-state index contributed by atoms with van der Waals surface area (Å²) in [6.07, 6.45) is -4.93. The monoisotopic (exact) mass is 292 g/mol. The third-order valence-electron chi connectivity index (χ3n) is 2.25. The second-order valence-electron chi connectivity index (χ2n) is 3.78. The maximum absolute atomic E-state index is 12.1. The molecule has 0 bridgehead atoms. The Bertz CT molecular complexity index is 464. The summed E-state index contributed by atoms with van der Waals surface area (Å²) in [4.78, 5) is 14.7. The van der Waals surface area contributed by atoms with Crippen molar-refractivity contribution in [2.75, 3.05) is 25.1 Å². The average molecular weight is 292 g/mol. The number of carbonyl (C=O) groups is 1. The number of aromatic nitrogens is 1. The number of hydrogen-bond acceptors (Lipinski definition) is 4. The Kier molecular flexibility index (Phi) is 5.75. The predicted molar refractivity (Wildman–Crippen MR) is 65.6 cm³/mol. The maximum atomic E-state index is 12.1. The van der Waals surface area contributed by atoms with Crippen LogP contribution in [-0.4, -0.2) is 36.9 Å². The molecule has 0 saturated heterocycles. The molecular weight excluding hydrogens is 277 g/mol. The molecule has 1 N–H and O–H groups in total. The Hall–Kier alpha value is -1.83. The number of ether oxygens (including phenoxy) is 2. The quantitative estimate of drug-likeness (QED) is 0.817. The van der Waals surface area contributed by atoms with Crippen molar-refractivity contribution in [1.29, 1.82) is 0 Å². The van der Waals surface area contributed by atoms with Gasteiger partial charge < -0.3 is 14.8 Å². The van der Waals surface area contributed by atoms with E-state index in [9.17, 15) is 18.0 Å². The summed E-state index contributed by atoms with van der Waals surface area (Å²) in [7, 11) is 0. The van der Waals surface area contributed by atoms with E-state index in [1.807, 2.05) is 6.92 Å². The van der Waals surface area contributed by atoms with E-state index in [1.54, 1.807) is 5.32 Å². The fourth-order valence-electron chi connectivity index (χ4n) is 1.29. The number of aryl methyl sites for hydroxylation is 1. The van der Waals surface area contributed by atoms with Gasteiger partial charge in [0, 0.05) is 12.7 Å².